The zero-order chi connectivity index (χ0) is 8.43. The first-order valence-corrected chi connectivity index (χ1v) is 3.47. The van der Waals surface area contributed by atoms with Gasteiger partial charge >= 0.3 is 0 Å². The summed E-state index contributed by atoms with van der Waals surface area (Å²) < 4.78 is 0. The van der Waals surface area contributed by atoms with E-state index in [-0.39, 0.29) is 18.7 Å². The van der Waals surface area contributed by atoms with E-state index in [4.69, 9.17) is 5.11 Å². The van der Waals surface area contributed by atoms with E-state index in [2.05, 4.69) is 5.32 Å². The van der Waals surface area contributed by atoms with Crippen LogP contribution in [0.2, 0.25) is 0 Å². The monoisotopic (exact) mass is 156 g/mol. The third-order valence-corrected chi connectivity index (χ3v) is 1.79. The molecule has 0 saturated heterocycles. The van der Waals surface area contributed by atoms with Crippen molar-refractivity contribution in [1.82, 2.24) is 10.2 Å². The fraction of sp³-hybridized carbons (Fsp3) is 0.571. The molecule has 1 aliphatic rings. The van der Waals surface area contributed by atoms with Gasteiger partial charge in [0.25, 0.3) is 5.91 Å². The first-order chi connectivity index (χ1) is 5.16. The maximum atomic E-state index is 11.2. The Hall–Kier alpha value is -1.03. The second kappa shape index (κ2) is 2.92. The van der Waals surface area contributed by atoms with Crippen LogP contribution in [0.25, 0.3) is 0 Å². The van der Waals surface area contributed by atoms with Gasteiger partial charge in [-0.25, -0.2) is 0 Å². The zero-order valence-electron chi connectivity index (χ0n) is 6.66. The van der Waals surface area contributed by atoms with Gasteiger partial charge in [0.05, 0.1) is 6.61 Å². The van der Waals surface area contributed by atoms with Gasteiger partial charge in [-0.2, -0.15) is 0 Å². The lowest BCUT2D eigenvalue weighted by Crippen LogP contribution is -2.50. The molecule has 62 valence electrons. The van der Waals surface area contributed by atoms with Crippen LogP contribution in [0.15, 0.2) is 11.8 Å². The molecule has 0 aromatic heterocycles. The van der Waals surface area contributed by atoms with Crippen molar-refractivity contribution in [3.05, 3.63) is 11.8 Å². The van der Waals surface area contributed by atoms with Crippen molar-refractivity contribution in [2.45, 2.75) is 13.1 Å². The molecule has 1 rings (SSSR count). The Morgan fingerprint density at radius 2 is 2.45 bits per heavy atom. The van der Waals surface area contributed by atoms with Crippen molar-refractivity contribution >= 4 is 5.91 Å². The first kappa shape index (κ1) is 8.07. The summed E-state index contributed by atoms with van der Waals surface area (Å²) >= 11 is 0. The van der Waals surface area contributed by atoms with E-state index in [0.29, 0.717) is 5.57 Å². The van der Waals surface area contributed by atoms with Gasteiger partial charge < -0.3 is 15.3 Å². The van der Waals surface area contributed by atoms with E-state index in [9.17, 15) is 4.79 Å². The lowest BCUT2D eigenvalue weighted by atomic mass is 10.2. The predicted octanol–water partition coefficient (Wildman–Crippen LogP) is -0.730. The highest BCUT2D eigenvalue weighted by atomic mass is 16.3. The quantitative estimate of drug-likeness (QED) is 0.526. The maximum absolute atomic E-state index is 11.2. The lowest BCUT2D eigenvalue weighted by Gasteiger charge is -2.30. The Bertz CT molecular complexity index is 201. The molecule has 4 heteroatoms. The van der Waals surface area contributed by atoms with Crippen LogP contribution in [0.1, 0.15) is 6.92 Å². The summed E-state index contributed by atoms with van der Waals surface area (Å²) in [5, 5.41) is 11.7. The van der Waals surface area contributed by atoms with Crippen LogP contribution in [0.3, 0.4) is 0 Å². The molecule has 0 aromatic carbocycles. The minimum atomic E-state index is -0.272. The third-order valence-electron chi connectivity index (χ3n) is 1.79. The van der Waals surface area contributed by atoms with Crippen LogP contribution in [-0.2, 0) is 4.79 Å². The fourth-order valence-electron chi connectivity index (χ4n) is 0.990. The highest BCUT2D eigenvalue weighted by molar-refractivity contribution is 5.93. The second-order valence-corrected chi connectivity index (χ2v) is 2.61. The Balaban J connectivity index is 2.76. The standard InChI is InChI=1S/C7H12N2O2/c1-5-3-8-6(4-10)9(2)7(5)11/h3,6,8,10H,4H2,1-2H3. The molecule has 0 saturated carbocycles. The molecule has 0 bridgehead atoms. The molecule has 11 heavy (non-hydrogen) atoms. The topological polar surface area (TPSA) is 52.6 Å². The van der Waals surface area contributed by atoms with E-state index in [1.165, 1.54) is 4.90 Å². The number of amides is 1. The molecule has 4 nitrogen and oxygen atoms in total. The first-order valence-electron chi connectivity index (χ1n) is 3.47. The van der Waals surface area contributed by atoms with Gasteiger partial charge in [0.15, 0.2) is 0 Å². The van der Waals surface area contributed by atoms with Gasteiger partial charge in [-0.15, -0.1) is 0 Å². The summed E-state index contributed by atoms with van der Waals surface area (Å²) in [6, 6.07) is 0. The molecular weight excluding hydrogens is 144 g/mol. The van der Waals surface area contributed by atoms with Crippen molar-refractivity contribution in [3.8, 4) is 0 Å². The largest absolute Gasteiger partial charge is 0.392 e. The minimum absolute atomic E-state index is 0.0391. The summed E-state index contributed by atoms with van der Waals surface area (Å²) in [6.07, 6.45) is 1.36. The predicted molar refractivity (Wildman–Crippen MR) is 40.5 cm³/mol. The zero-order valence-corrected chi connectivity index (χ0v) is 6.66. The molecule has 1 heterocycles. The van der Waals surface area contributed by atoms with Crippen LogP contribution < -0.4 is 5.32 Å². The molecule has 2 N–H and O–H groups in total. The molecule has 0 aliphatic carbocycles. The Kier molecular flexibility index (Phi) is 2.14. The van der Waals surface area contributed by atoms with Crippen molar-refractivity contribution in [2.24, 2.45) is 0 Å². The van der Waals surface area contributed by atoms with Crippen molar-refractivity contribution in [2.75, 3.05) is 13.7 Å². The van der Waals surface area contributed by atoms with E-state index < -0.39 is 0 Å². The summed E-state index contributed by atoms with van der Waals surface area (Å²) in [5.41, 5.74) is 0.664. The van der Waals surface area contributed by atoms with Crippen LogP contribution >= 0.6 is 0 Å². The number of hydrogen-bond donors (Lipinski definition) is 2. The molecule has 1 unspecified atom stereocenters. The summed E-state index contributed by atoms with van der Waals surface area (Å²) in [5.74, 6) is -0.0391. The number of carbonyl (C=O) groups is 1. The van der Waals surface area contributed by atoms with E-state index in [1.54, 1.807) is 20.2 Å². The Morgan fingerprint density at radius 1 is 1.82 bits per heavy atom. The third kappa shape index (κ3) is 1.35. The number of rotatable bonds is 1. The van der Waals surface area contributed by atoms with Crippen LogP contribution in [0.5, 0.6) is 0 Å². The molecule has 0 spiro atoms. The molecule has 0 radical (unpaired) electrons. The summed E-state index contributed by atoms with van der Waals surface area (Å²) in [4.78, 5) is 12.7. The van der Waals surface area contributed by atoms with Gasteiger partial charge in [-0.1, -0.05) is 0 Å². The van der Waals surface area contributed by atoms with Gasteiger partial charge in [0, 0.05) is 18.8 Å². The highest BCUT2D eigenvalue weighted by Crippen LogP contribution is 2.06. The van der Waals surface area contributed by atoms with Crippen LogP contribution in [0.4, 0.5) is 0 Å². The molecule has 0 aromatic rings. The molecule has 1 aliphatic heterocycles. The molecule has 1 atom stereocenters. The average molecular weight is 156 g/mol. The highest BCUT2D eigenvalue weighted by Gasteiger charge is 2.22. The van der Waals surface area contributed by atoms with Crippen molar-refractivity contribution < 1.29 is 9.90 Å². The molecule has 1 amide bonds. The minimum Gasteiger partial charge on any atom is -0.392 e. The van der Waals surface area contributed by atoms with Crippen LogP contribution in [-0.4, -0.2) is 35.7 Å². The Labute approximate surface area is 65.5 Å². The average Bonchev–Trinajstić information content (AvgIpc) is 2.01. The van der Waals surface area contributed by atoms with Gasteiger partial charge in [-0.3, -0.25) is 4.79 Å². The Morgan fingerprint density at radius 3 is 3.00 bits per heavy atom. The van der Waals surface area contributed by atoms with Gasteiger partial charge in [-0.05, 0) is 6.92 Å². The number of likely N-dealkylation sites (N-methyl/N-ethyl adjacent to an activating group) is 1. The molecular formula is C7H12N2O2. The summed E-state index contributed by atoms with van der Waals surface area (Å²) in [7, 11) is 1.66. The van der Waals surface area contributed by atoms with E-state index >= 15 is 0 Å². The second-order valence-electron chi connectivity index (χ2n) is 2.61. The van der Waals surface area contributed by atoms with Gasteiger partial charge in [0.1, 0.15) is 6.17 Å². The van der Waals surface area contributed by atoms with Crippen molar-refractivity contribution in [1.29, 1.82) is 0 Å². The van der Waals surface area contributed by atoms with Gasteiger partial charge in [0.2, 0.25) is 0 Å². The number of aliphatic hydroxyl groups is 1. The van der Waals surface area contributed by atoms with Crippen molar-refractivity contribution in [3.63, 3.8) is 0 Å². The number of hydrogen-bond acceptors (Lipinski definition) is 3. The number of nitrogens with zero attached hydrogens (tertiary/aromatic N) is 1. The lowest BCUT2D eigenvalue weighted by molar-refractivity contribution is -0.130. The fourth-order valence-corrected chi connectivity index (χ4v) is 0.990. The number of aliphatic hydroxyl groups excluding tert-OH is 1. The van der Waals surface area contributed by atoms with E-state index in [1.807, 2.05) is 0 Å². The number of nitrogens with one attached hydrogen (secondary N) is 1. The summed E-state index contributed by atoms with van der Waals surface area (Å²) in [6.45, 7) is 1.67. The number of carbonyl (C=O) groups excluding carboxylic acids is 1. The molecule has 0 fully saturated rings. The normalized spacial score (nSPS) is 24.6. The van der Waals surface area contributed by atoms with Crippen LogP contribution in [0, 0.1) is 0 Å². The maximum Gasteiger partial charge on any atom is 0.252 e. The van der Waals surface area contributed by atoms with E-state index in [0.717, 1.165) is 0 Å². The smallest absolute Gasteiger partial charge is 0.252 e. The SMILES string of the molecule is CC1=CNC(CO)N(C)C1=O.